The third kappa shape index (κ3) is 2.38. The molecular weight excluding hydrogens is 262 g/mol. The molecule has 1 aromatic heterocycles. The smallest absolute Gasteiger partial charge is 0.187 e. The van der Waals surface area contributed by atoms with Crippen molar-refractivity contribution in [2.24, 2.45) is 0 Å². The lowest BCUT2D eigenvalue weighted by molar-refractivity contribution is 0.790. The van der Waals surface area contributed by atoms with Crippen molar-refractivity contribution < 1.29 is 0 Å². The summed E-state index contributed by atoms with van der Waals surface area (Å²) in [6.07, 6.45) is 0. The molecule has 3 rings (SSSR count). The second-order valence-electron chi connectivity index (χ2n) is 5.28. The molecule has 2 N–H and O–H groups in total. The molecule has 0 saturated carbocycles. The first-order valence-corrected chi connectivity index (χ1v) is 6.79. The first-order valence-electron chi connectivity index (χ1n) is 6.79. The quantitative estimate of drug-likeness (QED) is 0.732. The Morgan fingerprint density at radius 3 is 2.57 bits per heavy atom. The Hall–Kier alpha value is -2.69. The van der Waals surface area contributed by atoms with E-state index in [2.05, 4.69) is 21.6 Å². The van der Waals surface area contributed by atoms with Gasteiger partial charge < -0.3 is 5.73 Å². The number of tetrazole rings is 1. The number of aromatic nitrogens is 4. The summed E-state index contributed by atoms with van der Waals surface area (Å²) < 4.78 is 1.74. The summed E-state index contributed by atoms with van der Waals surface area (Å²) in [6.45, 7) is 6.08. The van der Waals surface area contributed by atoms with Gasteiger partial charge in [-0.05, 0) is 66.1 Å². The van der Waals surface area contributed by atoms with Gasteiger partial charge in [-0.1, -0.05) is 18.2 Å². The van der Waals surface area contributed by atoms with Gasteiger partial charge in [-0.25, -0.2) is 0 Å². The molecule has 5 nitrogen and oxygen atoms in total. The molecule has 3 aromatic rings. The lowest BCUT2D eigenvalue weighted by Gasteiger charge is -2.10. The van der Waals surface area contributed by atoms with Crippen molar-refractivity contribution in [2.75, 3.05) is 5.73 Å². The molecule has 1 heterocycles. The van der Waals surface area contributed by atoms with Crippen LogP contribution >= 0.6 is 0 Å². The number of rotatable bonds is 2. The van der Waals surface area contributed by atoms with Crippen LogP contribution in [0.4, 0.5) is 5.69 Å². The fraction of sp³-hybridized carbons (Fsp3) is 0.188. The number of hydrogen-bond acceptors (Lipinski definition) is 4. The first-order chi connectivity index (χ1) is 10.1. The average Bonchev–Trinajstić information content (AvgIpc) is 2.92. The van der Waals surface area contributed by atoms with Crippen LogP contribution in [0.3, 0.4) is 0 Å². The molecule has 0 aliphatic carbocycles. The van der Waals surface area contributed by atoms with Gasteiger partial charge in [0.2, 0.25) is 0 Å². The van der Waals surface area contributed by atoms with E-state index in [4.69, 9.17) is 5.73 Å². The van der Waals surface area contributed by atoms with Crippen molar-refractivity contribution in [2.45, 2.75) is 20.8 Å². The van der Waals surface area contributed by atoms with Crippen LogP contribution < -0.4 is 5.73 Å². The summed E-state index contributed by atoms with van der Waals surface area (Å²) in [5, 5.41) is 12.1. The predicted octanol–water partition coefficient (Wildman–Crippen LogP) is 2.84. The molecule has 0 aliphatic rings. The van der Waals surface area contributed by atoms with Crippen LogP contribution in [-0.2, 0) is 0 Å². The van der Waals surface area contributed by atoms with E-state index in [0.29, 0.717) is 5.82 Å². The molecule has 106 valence electrons. The number of nitrogens with zero attached hydrogens (tertiary/aromatic N) is 4. The molecule has 0 aliphatic heterocycles. The van der Waals surface area contributed by atoms with E-state index >= 15 is 0 Å². The number of nitrogens with two attached hydrogens (primary N) is 1. The van der Waals surface area contributed by atoms with Crippen LogP contribution in [0.5, 0.6) is 0 Å². The van der Waals surface area contributed by atoms with Crippen molar-refractivity contribution in [1.82, 2.24) is 20.2 Å². The molecule has 5 heteroatoms. The minimum Gasteiger partial charge on any atom is -0.398 e. The van der Waals surface area contributed by atoms with Crippen molar-refractivity contribution in [3.63, 3.8) is 0 Å². The zero-order valence-corrected chi connectivity index (χ0v) is 12.3. The standard InChI is InChI=1S/C16H17N5/c1-10-5-4-6-13(7-10)21-16(18-19-20-21)14-9-15(17)12(3)8-11(14)2/h4-9H,17H2,1-3H3. The van der Waals surface area contributed by atoms with Gasteiger partial charge in [0.25, 0.3) is 0 Å². The Balaban J connectivity index is 2.18. The van der Waals surface area contributed by atoms with Crippen molar-refractivity contribution in [3.05, 3.63) is 53.1 Å². The second-order valence-corrected chi connectivity index (χ2v) is 5.28. The largest absolute Gasteiger partial charge is 0.398 e. The van der Waals surface area contributed by atoms with Crippen molar-refractivity contribution in [3.8, 4) is 17.1 Å². The lowest BCUT2D eigenvalue weighted by Crippen LogP contribution is -2.02. The van der Waals surface area contributed by atoms with Gasteiger partial charge in [0.1, 0.15) is 0 Å². The van der Waals surface area contributed by atoms with Gasteiger partial charge >= 0.3 is 0 Å². The van der Waals surface area contributed by atoms with Gasteiger partial charge in [0.15, 0.2) is 5.82 Å². The van der Waals surface area contributed by atoms with E-state index in [-0.39, 0.29) is 0 Å². The third-order valence-electron chi connectivity index (χ3n) is 3.57. The molecule has 0 atom stereocenters. The Kier molecular flexibility index (Phi) is 3.17. The van der Waals surface area contributed by atoms with Crippen LogP contribution in [0, 0.1) is 20.8 Å². The lowest BCUT2D eigenvalue weighted by atomic mass is 10.0. The van der Waals surface area contributed by atoms with Gasteiger partial charge in [0.05, 0.1) is 5.69 Å². The Morgan fingerprint density at radius 2 is 1.81 bits per heavy atom. The molecule has 0 bridgehead atoms. The van der Waals surface area contributed by atoms with Gasteiger partial charge in [-0.15, -0.1) is 5.10 Å². The molecule has 0 saturated heterocycles. The summed E-state index contributed by atoms with van der Waals surface area (Å²) in [7, 11) is 0. The zero-order valence-electron chi connectivity index (χ0n) is 12.3. The Morgan fingerprint density at radius 1 is 1.00 bits per heavy atom. The number of nitrogen functional groups attached to an aromatic ring is 1. The Bertz CT molecular complexity index is 804. The minimum absolute atomic E-state index is 0.699. The van der Waals surface area contributed by atoms with E-state index in [1.807, 2.05) is 51.1 Å². The summed E-state index contributed by atoms with van der Waals surface area (Å²) in [5.41, 5.74) is 12.0. The fourth-order valence-corrected chi connectivity index (χ4v) is 2.40. The molecule has 0 amide bonds. The van der Waals surface area contributed by atoms with E-state index in [1.54, 1.807) is 4.68 Å². The minimum atomic E-state index is 0.699. The van der Waals surface area contributed by atoms with E-state index < -0.39 is 0 Å². The summed E-state index contributed by atoms with van der Waals surface area (Å²) in [5.74, 6) is 0.699. The van der Waals surface area contributed by atoms with Gasteiger partial charge in [-0.2, -0.15) is 4.68 Å². The monoisotopic (exact) mass is 279 g/mol. The second kappa shape index (κ2) is 5.01. The highest BCUT2D eigenvalue weighted by Gasteiger charge is 2.14. The third-order valence-corrected chi connectivity index (χ3v) is 3.57. The highest BCUT2D eigenvalue weighted by molar-refractivity contribution is 5.68. The van der Waals surface area contributed by atoms with E-state index in [0.717, 1.165) is 33.6 Å². The highest BCUT2D eigenvalue weighted by atomic mass is 15.5. The number of benzene rings is 2. The number of anilines is 1. The maximum absolute atomic E-state index is 6.03. The molecule has 0 fully saturated rings. The van der Waals surface area contributed by atoms with Crippen LogP contribution in [-0.4, -0.2) is 20.2 Å². The molecule has 0 spiro atoms. The highest BCUT2D eigenvalue weighted by Crippen LogP contribution is 2.27. The number of aryl methyl sites for hydroxylation is 3. The van der Waals surface area contributed by atoms with Gasteiger partial charge in [0, 0.05) is 11.3 Å². The summed E-state index contributed by atoms with van der Waals surface area (Å²) in [6, 6.07) is 12.1. The number of hydrogen-bond donors (Lipinski definition) is 1. The molecule has 21 heavy (non-hydrogen) atoms. The fourth-order valence-electron chi connectivity index (χ4n) is 2.40. The topological polar surface area (TPSA) is 69.6 Å². The van der Waals surface area contributed by atoms with Crippen LogP contribution in [0.1, 0.15) is 16.7 Å². The Labute approximate surface area is 123 Å². The van der Waals surface area contributed by atoms with Crippen LogP contribution in [0.2, 0.25) is 0 Å². The average molecular weight is 279 g/mol. The summed E-state index contributed by atoms with van der Waals surface area (Å²) >= 11 is 0. The molecule has 0 unspecified atom stereocenters. The predicted molar refractivity (Wildman–Crippen MR) is 83.2 cm³/mol. The van der Waals surface area contributed by atoms with Crippen molar-refractivity contribution >= 4 is 5.69 Å². The maximum Gasteiger partial charge on any atom is 0.187 e. The SMILES string of the molecule is Cc1cccc(-n2nnnc2-c2cc(N)c(C)cc2C)c1. The summed E-state index contributed by atoms with van der Waals surface area (Å²) in [4.78, 5) is 0. The first kappa shape index (κ1) is 13.3. The normalized spacial score (nSPS) is 10.8. The van der Waals surface area contributed by atoms with Gasteiger partial charge in [-0.3, -0.25) is 0 Å². The van der Waals surface area contributed by atoms with E-state index in [9.17, 15) is 0 Å². The molecule has 0 radical (unpaired) electrons. The zero-order chi connectivity index (χ0) is 15.0. The molecular formula is C16H17N5. The maximum atomic E-state index is 6.03. The molecule has 2 aromatic carbocycles. The van der Waals surface area contributed by atoms with E-state index in [1.165, 1.54) is 0 Å². The van der Waals surface area contributed by atoms with Crippen LogP contribution in [0.25, 0.3) is 17.1 Å². The van der Waals surface area contributed by atoms with Crippen molar-refractivity contribution in [1.29, 1.82) is 0 Å². The van der Waals surface area contributed by atoms with Crippen LogP contribution in [0.15, 0.2) is 36.4 Å².